The molecule has 2 aromatic rings. The zero-order valence-corrected chi connectivity index (χ0v) is 11.5. The Morgan fingerprint density at radius 2 is 1.26 bits per heavy atom. The molecule has 0 heterocycles. The SMILES string of the molecule is CC1CC1N(Cc1ccccc1)Cc1ccccc1. The van der Waals surface area contributed by atoms with E-state index in [0.717, 1.165) is 25.0 Å². The van der Waals surface area contributed by atoms with E-state index in [4.69, 9.17) is 0 Å². The van der Waals surface area contributed by atoms with Crippen molar-refractivity contribution in [3.05, 3.63) is 71.8 Å². The van der Waals surface area contributed by atoms with Gasteiger partial charge in [-0.05, 0) is 23.5 Å². The Hall–Kier alpha value is -1.60. The standard InChI is InChI=1S/C18H21N/c1-15-12-18(15)19(13-16-8-4-2-5-9-16)14-17-10-6-3-7-11-17/h2-11,15,18H,12-14H2,1H3. The lowest BCUT2D eigenvalue weighted by Gasteiger charge is -2.23. The molecule has 0 aliphatic heterocycles. The summed E-state index contributed by atoms with van der Waals surface area (Å²) in [6.45, 7) is 4.48. The van der Waals surface area contributed by atoms with Crippen molar-refractivity contribution >= 4 is 0 Å². The summed E-state index contributed by atoms with van der Waals surface area (Å²) in [5.41, 5.74) is 2.83. The molecule has 0 saturated heterocycles. The Morgan fingerprint density at radius 3 is 1.63 bits per heavy atom. The molecular weight excluding hydrogens is 230 g/mol. The zero-order valence-electron chi connectivity index (χ0n) is 11.5. The minimum atomic E-state index is 0.764. The first-order valence-electron chi connectivity index (χ1n) is 7.15. The van der Waals surface area contributed by atoms with Crippen molar-refractivity contribution in [2.45, 2.75) is 32.5 Å². The van der Waals surface area contributed by atoms with Crippen LogP contribution in [0.2, 0.25) is 0 Å². The van der Waals surface area contributed by atoms with Gasteiger partial charge in [0, 0.05) is 19.1 Å². The lowest BCUT2D eigenvalue weighted by atomic mass is 10.1. The van der Waals surface area contributed by atoms with Gasteiger partial charge in [-0.25, -0.2) is 0 Å². The van der Waals surface area contributed by atoms with Gasteiger partial charge in [-0.3, -0.25) is 4.90 Å². The van der Waals surface area contributed by atoms with Gasteiger partial charge < -0.3 is 0 Å². The summed E-state index contributed by atoms with van der Waals surface area (Å²) >= 11 is 0. The molecule has 0 N–H and O–H groups in total. The predicted molar refractivity (Wildman–Crippen MR) is 79.7 cm³/mol. The van der Waals surface area contributed by atoms with Crippen LogP contribution in [0.25, 0.3) is 0 Å². The second kappa shape index (κ2) is 5.58. The third kappa shape index (κ3) is 3.24. The van der Waals surface area contributed by atoms with Crippen LogP contribution < -0.4 is 0 Å². The van der Waals surface area contributed by atoms with E-state index in [1.807, 2.05) is 0 Å². The highest BCUT2D eigenvalue weighted by Gasteiger charge is 2.37. The second-order valence-corrected chi connectivity index (χ2v) is 5.66. The number of hydrogen-bond donors (Lipinski definition) is 0. The van der Waals surface area contributed by atoms with Crippen molar-refractivity contribution in [2.75, 3.05) is 0 Å². The maximum Gasteiger partial charge on any atom is 0.0240 e. The predicted octanol–water partition coefficient (Wildman–Crippen LogP) is 4.10. The quantitative estimate of drug-likeness (QED) is 0.773. The van der Waals surface area contributed by atoms with Crippen molar-refractivity contribution in [2.24, 2.45) is 5.92 Å². The van der Waals surface area contributed by atoms with Crippen molar-refractivity contribution in [3.63, 3.8) is 0 Å². The van der Waals surface area contributed by atoms with E-state index >= 15 is 0 Å². The minimum absolute atomic E-state index is 0.764. The van der Waals surface area contributed by atoms with Crippen LogP contribution in [0.15, 0.2) is 60.7 Å². The van der Waals surface area contributed by atoms with E-state index in [0.29, 0.717) is 0 Å². The number of nitrogens with zero attached hydrogens (tertiary/aromatic N) is 1. The lowest BCUT2D eigenvalue weighted by Crippen LogP contribution is -2.26. The summed E-state index contributed by atoms with van der Waals surface area (Å²) in [6.07, 6.45) is 1.35. The molecule has 2 unspecified atom stereocenters. The van der Waals surface area contributed by atoms with Gasteiger partial charge in [-0.1, -0.05) is 67.6 Å². The van der Waals surface area contributed by atoms with Crippen molar-refractivity contribution < 1.29 is 0 Å². The van der Waals surface area contributed by atoms with Gasteiger partial charge >= 0.3 is 0 Å². The van der Waals surface area contributed by atoms with Crippen LogP contribution in [0.5, 0.6) is 0 Å². The molecule has 98 valence electrons. The average Bonchev–Trinajstić information content (AvgIpc) is 3.18. The molecule has 1 aliphatic carbocycles. The molecule has 2 aromatic carbocycles. The molecule has 1 nitrogen and oxygen atoms in total. The summed E-state index contributed by atoms with van der Waals surface area (Å²) in [5, 5.41) is 0. The van der Waals surface area contributed by atoms with Crippen molar-refractivity contribution in [1.29, 1.82) is 0 Å². The Balaban J connectivity index is 1.71. The Bertz CT molecular complexity index is 464. The van der Waals surface area contributed by atoms with E-state index < -0.39 is 0 Å². The molecule has 3 rings (SSSR count). The molecule has 0 radical (unpaired) electrons. The third-order valence-corrected chi connectivity index (χ3v) is 3.99. The fraction of sp³-hybridized carbons (Fsp3) is 0.333. The average molecular weight is 251 g/mol. The van der Waals surface area contributed by atoms with Crippen LogP contribution in [-0.4, -0.2) is 10.9 Å². The highest BCUT2D eigenvalue weighted by Crippen LogP contribution is 2.36. The Labute approximate surface area is 115 Å². The molecule has 1 saturated carbocycles. The van der Waals surface area contributed by atoms with Crippen LogP contribution >= 0.6 is 0 Å². The first-order chi connectivity index (χ1) is 9.33. The highest BCUT2D eigenvalue weighted by atomic mass is 15.2. The lowest BCUT2D eigenvalue weighted by molar-refractivity contribution is 0.236. The number of rotatable bonds is 5. The van der Waals surface area contributed by atoms with E-state index in [2.05, 4.69) is 72.5 Å². The highest BCUT2D eigenvalue weighted by molar-refractivity contribution is 5.18. The molecule has 0 amide bonds. The zero-order chi connectivity index (χ0) is 13.1. The van der Waals surface area contributed by atoms with E-state index in [1.54, 1.807) is 0 Å². The number of benzene rings is 2. The van der Waals surface area contributed by atoms with Crippen LogP contribution in [0.1, 0.15) is 24.5 Å². The van der Waals surface area contributed by atoms with Crippen LogP contribution in [-0.2, 0) is 13.1 Å². The largest absolute Gasteiger partial charge is 0.292 e. The van der Waals surface area contributed by atoms with Gasteiger partial charge in [-0.15, -0.1) is 0 Å². The Morgan fingerprint density at radius 1 is 0.842 bits per heavy atom. The molecule has 19 heavy (non-hydrogen) atoms. The first-order valence-corrected chi connectivity index (χ1v) is 7.15. The fourth-order valence-electron chi connectivity index (χ4n) is 2.74. The topological polar surface area (TPSA) is 3.24 Å². The molecular formula is C18H21N. The Kier molecular flexibility index (Phi) is 3.65. The van der Waals surface area contributed by atoms with Crippen molar-refractivity contribution in [1.82, 2.24) is 4.90 Å². The second-order valence-electron chi connectivity index (χ2n) is 5.66. The normalized spacial score (nSPS) is 21.6. The molecule has 0 aromatic heterocycles. The van der Waals surface area contributed by atoms with Gasteiger partial charge in [0.1, 0.15) is 0 Å². The van der Waals surface area contributed by atoms with E-state index in [1.165, 1.54) is 17.5 Å². The third-order valence-electron chi connectivity index (χ3n) is 3.99. The maximum atomic E-state index is 2.62. The minimum Gasteiger partial charge on any atom is -0.292 e. The summed E-state index contributed by atoms with van der Waals surface area (Å²) < 4.78 is 0. The molecule has 0 spiro atoms. The summed E-state index contributed by atoms with van der Waals surface area (Å²) in [4.78, 5) is 2.62. The molecule has 1 heteroatoms. The molecule has 0 bridgehead atoms. The van der Waals surface area contributed by atoms with Crippen molar-refractivity contribution in [3.8, 4) is 0 Å². The van der Waals surface area contributed by atoms with Gasteiger partial charge in [0.2, 0.25) is 0 Å². The van der Waals surface area contributed by atoms with Crippen LogP contribution in [0, 0.1) is 5.92 Å². The van der Waals surface area contributed by atoms with E-state index in [-0.39, 0.29) is 0 Å². The number of hydrogen-bond acceptors (Lipinski definition) is 1. The summed E-state index contributed by atoms with van der Waals surface area (Å²) in [5.74, 6) is 0.854. The monoisotopic (exact) mass is 251 g/mol. The van der Waals surface area contributed by atoms with Gasteiger partial charge in [0.05, 0.1) is 0 Å². The summed E-state index contributed by atoms with van der Waals surface area (Å²) in [7, 11) is 0. The molecule has 1 fully saturated rings. The molecule has 1 aliphatic rings. The summed E-state index contributed by atoms with van der Waals surface area (Å²) in [6, 6.07) is 22.4. The fourth-order valence-corrected chi connectivity index (χ4v) is 2.74. The maximum absolute atomic E-state index is 2.62. The molecule has 2 atom stereocenters. The van der Waals surface area contributed by atoms with Gasteiger partial charge in [0.25, 0.3) is 0 Å². The van der Waals surface area contributed by atoms with E-state index in [9.17, 15) is 0 Å². The van der Waals surface area contributed by atoms with Gasteiger partial charge in [0.15, 0.2) is 0 Å². The first kappa shape index (κ1) is 12.4. The van der Waals surface area contributed by atoms with Crippen LogP contribution in [0.3, 0.4) is 0 Å². The van der Waals surface area contributed by atoms with Gasteiger partial charge in [-0.2, -0.15) is 0 Å². The van der Waals surface area contributed by atoms with Crippen LogP contribution in [0.4, 0.5) is 0 Å². The smallest absolute Gasteiger partial charge is 0.0240 e.